The first-order chi connectivity index (χ1) is 9.12. The van der Waals surface area contributed by atoms with Crippen LogP contribution in [0.15, 0.2) is 16.8 Å². The number of nitrogens with zero attached hydrogens (tertiary/aromatic N) is 1. The van der Waals surface area contributed by atoms with Crippen molar-refractivity contribution in [3.63, 3.8) is 0 Å². The minimum Gasteiger partial charge on any atom is -0.317 e. The first-order valence-electron chi connectivity index (χ1n) is 6.62. The SMILES string of the molecule is CCNCC1CCN(S(=O)(=O)Nc2ccsc2)CC1. The molecule has 1 aromatic rings. The summed E-state index contributed by atoms with van der Waals surface area (Å²) in [5.74, 6) is 0.590. The second kappa shape index (κ2) is 6.69. The van der Waals surface area contributed by atoms with Crippen LogP contribution in [-0.4, -0.2) is 38.9 Å². The van der Waals surface area contributed by atoms with Gasteiger partial charge in [-0.25, -0.2) is 0 Å². The average Bonchev–Trinajstić information content (AvgIpc) is 2.89. The largest absolute Gasteiger partial charge is 0.317 e. The zero-order valence-corrected chi connectivity index (χ0v) is 12.8. The molecular formula is C12H21N3O2S2. The minimum atomic E-state index is -3.38. The summed E-state index contributed by atoms with van der Waals surface area (Å²) in [6.45, 7) is 5.26. The first-order valence-corrected chi connectivity index (χ1v) is 9.01. The number of thiophene rings is 1. The fourth-order valence-corrected chi connectivity index (χ4v) is 4.15. The van der Waals surface area contributed by atoms with E-state index in [2.05, 4.69) is 17.0 Å². The highest BCUT2D eigenvalue weighted by Crippen LogP contribution is 2.21. The van der Waals surface area contributed by atoms with E-state index in [1.807, 2.05) is 5.38 Å². The Morgan fingerprint density at radius 3 is 2.74 bits per heavy atom. The second-order valence-electron chi connectivity index (χ2n) is 4.77. The van der Waals surface area contributed by atoms with E-state index in [9.17, 15) is 8.42 Å². The molecule has 1 aliphatic rings. The molecule has 1 saturated heterocycles. The van der Waals surface area contributed by atoms with E-state index in [0.717, 1.165) is 25.9 Å². The molecule has 19 heavy (non-hydrogen) atoms. The number of anilines is 1. The Balaban J connectivity index is 1.86. The number of hydrogen-bond donors (Lipinski definition) is 2. The molecule has 0 spiro atoms. The molecule has 1 aliphatic heterocycles. The summed E-state index contributed by atoms with van der Waals surface area (Å²) in [4.78, 5) is 0. The van der Waals surface area contributed by atoms with Crippen LogP contribution in [0, 0.1) is 5.92 Å². The molecular weight excluding hydrogens is 282 g/mol. The third-order valence-electron chi connectivity index (χ3n) is 3.36. The molecule has 0 aromatic carbocycles. The third-order valence-corrected chi connectivity index (χ3v) is 5.59. The second-order valence-corrected chi connectivity index (χ2v) is 7.22. The molecule has 2 rings (SSSR count). The van der Waals surface area contributed by atoms with Gasteiger partial charge in [0.2, 0.25) is 0 Å². The smallest absolute Gasteiger partial charge is 0.301 e. The Morgan fingerprint density at radius 2 is 2.16 bits per heavy atom. The van der Waals surface area contributed by atoms with E-state index in [1.165, 1.54) is 11.3 Å². The summed E-state index contributed by atoms with van der Waals surface area (Å²) in [5, 5.41) is 6.99. The van der Waals surface area contributed by atoms with E-state index in [0.29, 0.717) is 24.7 Å². The van der Waals surface area contributed by atoms with Crippen LogP contribution in [0.3, 0.4) is 0 Å². The monoisotopic (exact) mass is 303 g/mol. The third kappa shape index (κ3) is 4.17. The summed E-state index contributed by atoms with van der Waals surface area (Å²) in [6.07, 6.45) is 1.86. The van der Waals surface area contributed by atoms with Gasteiger partial charge < -0.3 is 5.32 Å². The highest BCUT2D eigenvalue weighted by molar-refractivity contribution is 7.90. The van der Waals surface area contributed by atoms with Gasteiger partial charge in [0.1, 0.15) is 0 Å². The fourth-order valence-electron chi connectivity index (χ4n) is 2.24. The summed E-state index contributed by atoms with van der Waals surface area (Å²) in [6, 6.07) is 1.78. The molecule has 1 aromatic heterocycles. The van der Waals surface area contributed by atoms with Gasteiger partial charge >= 0.3 is 10.2 Å². The van der Waals surface area contributed by atoms with Gasteiger partial charge in [0.05, 0.1) is 5.69 Å². The lowest BCUT2D eigenvalue weighted by molar-refractivity contribution is 0.269. The average molecular weight is 303 g/mol. The Kier molecular flexibility index (Phi) is 5.20. The van der Waals surface area contributed by atoms with E-state index < -0.39 is 10.2 Å². The molecule has 1 fully saturated rings. The van der Waals surface area contributed by atoms with Crippen LogP contribution < -0.4 is 10.0 Å². The normalized spacial score (nSPS) is 18.6. The van der Waals surface area contributed by atoms with Gasteiger partial charge in [0, 0.05) is 18.5 Å². The first kappa shape index (κ1) is 14.8. The van der Waals surface area contributed by atoms with Crippen LogP contribution in [0.1, 0.15) is 19.8 Å². The topological polar surface area (TPSA) is 61.4 Å². The zero-order valence-electron chi connectivity index (χ0n) is 11.1. The van der Waals surface area contributed by atoms with Crippen LogP contribution in [0.25, 0.3) is 0 Å². The van der Waals surface area contributed by atoms with Gasteiger partial charge in [-0.15, -0.1) is 0 Å². The van der Waals surface area contributed by atoms with Crippen molar-refractivity contribution in [2.24, 2.45) is 5.92 Å². The molecule has 7 heteroatoms. The molecule has 0 amide bonds. The summed E-state index contributed by atoms with van der Waals surface area (Å²) >= 11 is 1.48. The molecule has 0 radical (unpaired) electrons. The Bertz CT molecular complexity index is 465. The van der Waals surface area contributed by atoms with Crippen molar-refractivity contribution in [1.29, 1.82) is 0 Å². The van der Waals surface area contributed by atoms with Crippen molar-refractivity contribution >= 4 is 27.2 Å². The van der Waals surface area contributed by atoms with Gasteiger partial charge in [-0.2, -0.15) is 24.1 Å². The predicted octanol–water partition coefficient (Wildman–Crippen LogP) is 1.73. The minimum absolute atomic E-state index is 0.590. The van der Waals surface area contributed by atoms with Gasteiger partial charge in [0.25, 0.3) is 0 Å². The van der Waals surface area contributed by atoms with Crippen LogP contribution >= 0.6 is 11.3 Å². The van der Waals surface area contributed by atoms with Gasteiger partial charge in [0.15, 0.2) is 0 Å². The van der Waals surface area contributed by atoms with Crippen LogP contribution in [0.2, 0.25) is 0 Å². The van der Waals surface area contributed by atoms with Crippen molar-refractivity contribution in [3.8, 4) is 0 Å². The van der Waals surface area contributed by atoms with Crippen molar-refractivity contribution in [2.75, 3.05) is 30.9 Å². The fraction of sp³-hybridized carbons (Fsp3) is 0.667. The standard InChI is InChI=1S/C12H21N3O2S2/c1-2-13-9-11-3-6-15(7-4-11)19(16,17)14-12-5-8-18-10-12/h5,8,10-11,13-14H,2-4,6-7,9H2,1H3. The Morgan fingerprint density at radius 1 is 1.42 bits per heavy atom. The van der Waals surface area contributed by atoms with E-state index in [-0.39, 0.29) is 0 Å². The van der Waals surface area contributed by atoms with Crippen molar-refractivity contribution < 1.29 is 8.42 Å². The van der Waals surface area contributed by atoms with Gasteiger partial charge in [-0.05, 0) is 43.3 Å². The molecule has 0 saturated carbocycles. The molecule has 0 unspecified atom stereocenters. The summed E-state index contributed by atoms with van der Waals surface area (Å²) in [7, 11) is -3.38. The van der Waals surface area contributed by atoms with Crippen molar-refractivity contribution in [1.82, 2.24) is 9.62 Å². The predicted molar refractivity (Wildman–Crippen MR) is 79.7 cm³/mol. The van der Waals surface area contributed by atoms with Crippen molar-refractivity contribution in [3.05, 3.63) is 16.8 Å². The Hall–Kier alpha value is -0.630. The number of nitrogens with one attached hydrogen (secondary N) is 2. The molecule has 0 aliphatic carbocycles. The molecule has 108 valence electrons. The summed E-state index contributed by atoms with van der Waals surface area (Å²) in [5.41, 5.74) is 0.653. The van der Waals surface area contributed by atoms with E-state index in [1.54, 1.807) is 15.8 Å². The lowest BCUT2D eigenvalue weighted by Gasteiger charge is -2.31. The maximum Gasteiger partial charge on any atom is 0.301 e. The van der Waals surface area contributed by atoms with Gasteiger partial charge in [-0.3, -0.25) is 4.72 Å². The summed E-state index contributed by atoms with van der Waals surface area (Å²) < 4.78 is 28.5. The Labute approximate surface area is 119 Å². The molecule has 0 atom stereocenters. The molecule has 2 N–H and O–H groups in total. The van der Waals surface area contributed by atoms with E-state index >= 15 is 0 Å². The van der Waals surface area contributed by atoms with Crippen molar-refractivity contribution in [2.45, 2.75) is 19.8 Å². The zero-order chi connectivity index (χ0) is 13.7. The maximum atomic E-state index is 12.2. The highest BCUT2D eigenvalue weighted by atomic mass is 32.2. The molecule has 5 nitrogen and oxygen atoms in total. The highest BCUT2D eigenvalue weighted by Gasteiger charge is 2.27. The quantitative estimate of drug-likeness (QED) is 0.841. The number of piperidine rings is 1. The van der Waals surface area contributed by atoms with Gasteiger partial charge in [-0.1, -0.05) is 6.92 Å². The van der Waals surface area contributed by atoms with Crippen LogP contribution in [0.4, 0.5) is 5.69 Å². The van der Waals surface area contributed by atoms with E-state index in [4.69, 9.17) is 0 Å². The molecule has 0 bridgehead atoms. The lowest BCUT2D eigenvalue weighted by Crippen LogP contribution is -2.43. The van der Waals surface area contributed by atoms with Crippen LogP contribution in [0.5, 0.6) is 0 Å². The maximum absolute atomic E-state index is 12.2. The molecule has 2 heterocycles. The van der Waals surface area contributed by atoms with Crippen LogP contribution in [-0.2, 0) is 10.2 Å². The number of hydrogen-bond acceptors (Lipinski definition) is 4. The lowest BCUT2D eigenvalue weighted by atomic mass is 9.98. The number of rotatable bonds is 6.